The van der Waals surface area contributed by atoms with Crippen molar-refractivity contribution < 1.29 is 4.74 Å². The van der Waals surface area contributed by atoms with E-state index in [9.17, 15) is 0 Å². The summed E-state index contributed by atoms with van der Waals surface area (Å²) in [6.07, 6.45) is 2.18. The Morgan fingerprint density at radius 3 is 2.68 bits per heavy atom. The van der Waals surface area contributed by atoms with Crippen LogP contribution in [0.25, 0.3) is 10.8 Å². The van der Waals surface area contributed by atoms with Crippen LogP contribution in [-0.4, -0.2) is 38.7 Å². The molecule has 1 aliphatic rings. The first-order chi connectivity index (χ1) is 13.6. The molecule has 4 rings (SSSR count). The van der Waals surface area contributed by atoms with Gasteiger partial charge in [-0.1, -0.05) is 36.4 Å². The van der Waals surface area contributed by atoms with Crippen molar-refractivity contribution in [3.8, 4) is 5.75 Å². The van der Waals surface area contributed by atoms with Gasteiger partial charge in [0.05, 0.1) is 12.6 Å². The van der Waals surface area contributed by atoms with E-state index < -0.39 is 0 Å². The Hall–Kier alpha value is -2.52. The zero-order chi connectivity index (χ0) is 19.5. The molecule has 28 heavy (non-hydrogen) atoms. The third-order valence-electron chi connectivity index (χ3n) is 5.73. The monoisotopic (exact) mass is 374 g/mol. The second kappa shape index (κ2) is 8.24. The van der Waals surface area contributed by atoms with Crippen LogP contribution in [0.1, 0.15) is 30.5 Å². The van der Waals surface area contributed by atoms with E-state index in [2.05, 4.69) is 91.5 Å². The van der Waals surface area contributed by atoms with Crippen LogP contribution < -0.4 is 9.64 Å². The van der Waals surface area contributed by atoms with E-state index in [1.165, 1.54) is 27.6 Å². The summed E-state index contributed by atoms with van der Waals surface area (Å²) in [7, 11) is 4.19. The van der Waals surface area contributed by atoms with Gasteiger partial charge in [-0.25, -0.2) is 0 Å². The minimum Gasteiger partial charge on any atom is -0.494 e. The molecule has 3 heteroatoms. The van der Waals surface area contributed by atoms with Gasteiger partial charge in [-0.2, -0.15) is 0 Å². The summed E-state index contributed by atoms with van der Waals surface area (Å²) in [5, 5.41) is 2.51. The molecule has 0 radical (unpaired) electrons. The summed E-state index contributed by atoms with van der Waals surface area (Å²) < 4.78 is 5.97. The minimum atomic E-state index is 0.359. The number of ether oxygens (including phenoxy) is 1. The molecule has 0 saturated carbocycles. The number of anilines is 1. The number of hydrogen-bond donors (Lipinski definition) is 0. The van der Waals surface area contributed by atoms with Gasteiger partial charge in [0.15, 0.2) is 0 Å². The second-order valence-corrected chi connectivity index (χ2v) is 8.02. The summed E-state index contributed by atoms with van der Waals surface area (Å²) in [5.74, 6) is 0.961. The van der Waals surface area contributed by atoms with Crippen molar-refractivity contribution in [3.05, 3.63) is 71.8 Å². The van der Waals surface area contributed by atoms with Gasteiger partial charge < -0.3 is 14.5 Å². The second-order valence-electron chi connectivity index (χ2n) is 8.02. The predicted molar refractivity (Wildman–Crippen MR) is 119 cm³/mol. The highest BCUT2D eigenvalue weighted by molar-refractivity contribution is 5.84. The molecular weight excluding hydrogens is 344 g/mol. The first kappa shape index (κ1) is 18.8. The lowest BCUT2D eigenvalue weighted by molar-refractivity contribution is 0.282. The number of hydrogen-bond acceptors (Lipinski definition) is 3. The fourth-order valence-electron chi connectivity index (χ4n) is 4.11. The molecular formula is C25H30N2O. The lowest BCUT2D eigenvalue weighted by atomic mass is 10.0. The summed E-state index contributed by atoms with van der Waals surface area (Å²) in [6.45, 7) is 5.20. The number of fused-ring (bicyclic) bond motifs is 2. The molecule has 0 unspecified atom stereocenters. The van der Waals surface area contributed by atoms with Crippen LogP contribution in [-0.2, 0) is 6.42 Å². The standard InChI is InChI=1S/C25H30N2O/c1-19(27-15-13-21-7-4-5-8-25(21)27)22-10-9-20-11-12-24(18-23(20)17-22)28-16-6-14-26(2)3/h4-5,7-12,17-19H,6,13-16H2,1-3H3/t19-/m1/s1. The molecule has 0 amide bonds. The van der Waals surface area contributed by atoms with Crippen molar-refractivity contribution in [2.75, 3.05) is 38.7 Å². The molecule has 1 aliphatic heterocycles. The van der Waals surface area contributed by atoms with E-state index in [1.807, 2.05) is 0 Å². The van der Waals surface area contributed by atoms with Gasteiger partial charge in [-0.15, -0.1) is 0 Å². The fourth-order valence-corrected chi connectivity index (χ4v) is 4.11. The van der Waals surface area contributed by atoms with Crippen LogP contribution in [0.15, 0.2) is 60.7 Å². The molecule has 0 aromatic heterocycles. The number of rotatable bonds is 7. The largest absolute Gasteiger partial charge is 0.494 e. The fraction of sp³-hybridized carbons (Fsp3) is 0.360. The van der Waals surface area contributed by atoms with Crippen LogP contribution in [0.5, 0.6) is 5.75 Å². The molecule has 1 heterocycles. The smallest absolute Gasteiger partial charge is 0.119 e. The maximum atomic E-state index is 5.97. The molecule has 1 atom stereocenters. The average molecular weight is 375 g/mol. The Bertz CT molecular complexity index is 950. The maximum Gasteiger partial charge on any atom is 0.119 e. The summed E-state index contributed by atoms with van der Waals surface area (Å²) in [4.78, 5) is 4.71. The lowest BCUT2D eigenvalue weighted by Crippen LogP contribution is -2.24. The summed E-state index contributed by atoms with van der Waals surface area (Å²) in [5.41, 5.74) is 4.20. The zero-order valence-corrected chi connectivity index (χ0v) is 17.2. The SMILES string of the molecule is C[C@H](c1ccc2ccc(OCCCN(C)C)cc2c1)N1CCc2ccccc21. The van der Waals surface area contributed by atoms with Gasteiger partial charge in [0, 0.05) is 18.8 Å². The van der Waals surface area contributed by atoms with E-state index in [4.69, 9.17) is 4.74 Å². The first-order valence-electron chi connectivity index (χ1n) is 10.3. The normalized spacial score (nSPS) is 14.5. The minimum absolute atomic E-state index is 0.359. The van der Waals surface area contributed by atoms with Crippen molar-refractivity contribution in [2.45, 2.75) is 25.8 Å². The number of para-hydroxylation sites is 1. The van der Waals surface area contributed by atoms with Gasteiger partial charge in [-0.05, 0) is 80.0 Å². The predicted octanol–water partition coefficient (Wildman–Crippen LogP) is 5.29. The van der Waals surface area contributed by atoms with Crippen molar-refractivity contribution >= 4 is 16.5 Å². The Morgan fingerprint density at radius 2 is 1.82 bits per heavy atom. The summed E-state index contributed by atoms with van der Waals surface area (Å²) in [6, 6.07) is 22.4. The van der Waals surface area contributed by atoms with E-state index >= 15 is 0 Å². The van der Waals surface area contributed by atoms with E-state index in [-0.39, 0.29) is 0 Å². The molecule has 0 N–H and O–H groups in total. The van der Waals surface area contributed by atoms with Crippen LogP contribution in [0, 0.1) is 0 Å². The third kappa shape index (κ3) is 4.00. The molecule has 0 aliphatic carbocycles. The van der Waals surface area contributed by atoms with Gasteiger partial charge in [0.25, 0.3) is 0 Å². The van der Waals surface area contributed by atoms with E-state index in [0.29, 0.717) is 6.04 Å². The molecule has 3 aromatic rings. The van der Waals surface area contributed by atoms with E-state index in [0.717, 1.165) is 38.3 Å². The quantitative estimate of drug-likeness (QED) is 0.522. The van der Waals surface area contributed by atoms with Crippen molar-refractivity contribution in [3.63, 3.8) is 0 Å². The highest BCUT2D eigenvalue weighted by atomic mass is 16.5. The molecule has 0 fully saturated rings. The topological polar surface area (TPSA) is 15.7 Å². The van der Waals surface area contributed by atoms with Crippen LogP contribution >= 0.6 is 0 Å². The molecule has 0 bridgehead atoms. The number of nitrogens with zero attached hydrogens (tertiary/aromatic N) is 2. The van der Waals surface area contributed by atoms with Gasteiger partial charge in [0.2, 0.25) is 0 Å². The maximum absolute atomic E-state index is 5.97. The van der Waals surface area contributed by atoms with Crippen LogP contribution in [0.2, 0.25) is 0 Å². The first-order valence-corrected chi connectivity index (χ1v) is 10.3. The van der Waals surface area contributed by atoms with Gasteiger partial charge in [-0.3, -0.25) is 0 Å². The lowest BCUT2D eigenvalue weighted by Gasteiger charge is -2.28. The van der Waals surface area contributed by atoms with E-state index in [1.54, 1.807) is 0 Å². The molecule has 0 saturated heterocycles. The highest BCUT2D eigenvalue weighted by Gasteiger charge is 2.23. The zero-order valence-electron chi connectivity index (χ0n) is 17.2. The van der Waals surface area contributed by atoms with Gasteiger partial charge >= 0.3 is 0 Å². The molecule has 146 valence electrons. The summed E-state index contributed by atoms with van der Waals surface area (Å²) >= 11 is 0. The van der Waals surface area contributed by atoms with Crippen molar-refractivity contribution in [2.24, 2.45) is 0 Å². The Kier molecular flexibility index (Phi) is 5.54. The molecule has 0 spiro atoms. The van der Waals surface area contributed by atoms with Crippen LogP contribution in [0.3, 0.4) is 0 Å². The Balaban J connectivity index is 1.52. The van der Waals surface area contributed by atoms with Crippen LogP contribution in [0.4, 0.5) is 5.69 Å². The average Bonchev–Trinajstić information content (AvgIpc) is 3.14. The van der Waals surface area contributed by atoms with Crippen molar-refractivity contribution in [1.29, 1.82) is 0 Å². The number of benzene rings is 3. The van der Waals surface area contributed by atoms with Gasteiger partial charge in [0.1, 0.15) is 5.75 Å². The Morgan fingerprint density at radius 1 is 1.00 bits per heavy atom. The molecule has 3 nitrogen and oxygen atoms in total. The third-order valence-corrected chi connectivity index (χ3v) is 5.73. The highest BCUT2D eigenvalue weighted by Crippen LogP contribution is 2.35. The molecule has 3 aromatic carbocycles. The van der Waals surface area contributed by atoms with Crippen molar-refractivity contribution in [1.82, 2.24) is 4.90 Å². The Labute approximate surface area is 168 Å².